The van der Waals surface area contributed by atoms with Gasteiger partial charge in [-0.15, -0.1) is 0 Å². The Morgan fingerprint density at radius 1 is 1.47 bits per heavy atom. The maximum absolute atomic E-state index is 11.8. The van der Waals surface area contributed by atoms with E-state index in [2.05, 4.69) is 11.8 Å². The Bertz CT molecular complexity index is 291. The second-order valence-electron chi connectivity index (χ2n) is 6.12. The monoisotopic (exact) mass is 238 g/mol. The molecule has 1 unspecified atom stereocenters. The van der Waals surface area contributed by atoms with Gasteiger partial charge in [0.15, 0.2) is 0 Å². The van der Waals surface area contributed by atoms with Gasteiger partial charge in [-0.2, -0.15) is 0 Å². The minimum Gasteiger partial charge on any atom is -0.337 e. The van der Waals surface area contributed by atoms with Crippen LogP contribution in [0.1, 0.15) is 34.1 Å². The third kappa shape index (κ3) is 4.50. The number of carbonyl (C=O) groups excluding carboxylic acids is 1. The van der Waals surface area contributed by atoms with E-state index in [0.29, 0.717) is 0 Å². The van der Waals surface area contributed by atoms with E-state index in [1.807, 2.05) is 33.9 Å². The van der Waals surface area contributed by atoms with Gasteiger partial charge in [-0.1, -0.05) is 13.0 Å². The van der Waals surface area contributed by atoms with E-state index in [1.54, 1.807) is 11.0 Å². The Morgan fingerprint density at radius 3 is 2.59 bits per heavy atom. The molecule has 3 nitrogen and oxygen atoms in total. The molecule has 0 radical (unpaired) electrons. The lowest BCUT2D eigenvalue weighted by Crippen LogP contribution is -2.41. The van der Waals surface area contributed by atoms with Gasteiger partial charge in [-0.25, -0.2) is 0 Å². The Kier molecular flexibility index (Phi) is 4.75. The van der Waals surface area contributed by atoms with Crippen molar-refractivity contribution in [2.24, 2.45) is 5.92 Å². The molecule has 1 aliphatic heterocycles. The fourth-order valence-electron chi connectivity index (χ4n) is 1.94. The lowest BCUT2D eigenvalue weighted by atomic mass is 10.1. The Labute approximate surface area is 105 Å². The zero-order valence-corrected chi connectivity index (χ0v) is 11.9. The van der Waals surface area contributed by atoms with E-state index in [1.165, 1.54) is 6.42 Å². The van der Waals surface area contributed by atoms with Crippen LogP contribution in [0.5, 0.6) is 0 Å². The van der Waals surface area contributed by atoms with E-state index in [0.717, 1.165) is 25.6 Å². The zero-order chi connectivity index (χ0) is 13.1. The molecule has 0 aromatic carbocycles. The van der Waals surface area contributed by atoms with Crippen molar-refractivity contribution in [3.8, 4) is 0 Å². The van der Waals surface area contributed by atoms with Crippen LogP contribution in [0.3, 0.4) is 0 Å². The number of likely N-dealkylation sites (tertiary alicyclic amines) is 1. The van der Waals surface area contributed by atoms with Crippen LogP contribution in [-0.4, -0.2) is 47.9 Å². The maximum Gasteiger partial charge on any atom is 0.246 e. The molecule has 1 rings (SSSR count). The summed E-state index contributed by atoms with van der Waals surface area (Å²) in [6.07, 6.45) is 4.97. The molecule has 0 aliphatic carbocycles. The highest BCUT2D eigenvalue weighted by molar-refractivity contribution is 5.87. The molecule has 0 spiro atoms. The summed E-state index contributed by atoms with van der Waals surface area (Å²) < 4.78 is 0. The fourth-order valence-corrected chi connectivity index (χ4v) is 1.94. The van der Waals surface area contributed by atoms with Gasteiger partial charge in [0.1, 0.15) is 0 Å². The summed E-state index contributed by atoms with van der Waals surface area (Å²) in [5.41, 5.74) is -0.108. The average molecular weight is 238 g/mol. The quantitative estimate of drug-likeness (QED) is 0.703. The molecule has 0 N–H and O–H groups in total. The lowest BCUT2D eigenvalue weighted by molar-refractivity contribution is -0.128. The number of amides is 1. The van der Waals surface area contributed by atoms with Gasteiger partial charge in [0.2, 0.25) is 5.91 Å². The Hall–Kier alpha value is -0.830. The van der Waals surface area contributed by atoms with Crippen molar-refractivity contribution in [2.45, 2.75) is 39.7 Å². The van der Waals surface area contributed by atoms with Crippen molar-refractivity contribution < 1.29 is 4.79 Å². The van der Waals surface area contributed by atoms with Crippen LogP contribution in [0, 0.1) is 5.92 Å². The van der Waals surface area contributed by atoms with E-state index in [-0.39, 0.29) is 11.4 Å². The number of carbonyl (C=O) groups is 1. The van der Waals surface area contributed by atoms with E-state index < -0.39 is 0 Å². The van der Waals surface area contributed by atoms with Gasteiger partial charge in [-0.3, -0.25) is 9.69 Å². The number of likely N-dealkylation sites (N-methyl/N-ethyl adjacent to an activating group) is 1. The van der Waals surface area contributed by atoms with Crippen molar-refractivity contribution in [1.82, 2.24) is 9.80 Å². The van der Waals surface area contributed by atoms with Gasteiger partial charge >= 0.3 is 0 Å². The number of nitrogens with zero attached hydrogens (tertiary/aromatic N) is 2. The van der Waals surface area contributed by atoms with Gasteiger partial charge in [0.05, 0.1) is 0 Å². The van der Waals surface area contributed by atoms with Gasteiger partial charge in [0.25, 0.3) is 0 Å². The highest BCUT2D eigenvalue weighted by Gasteiger charge is 2.20. The van der Waals surface area contributed by atoms with Crippen molar-refractivity contribution in [2.75, 3.05) is 26.7 Å². The van der Waals surface area contributed by atoms with Crippen LogP contribution in [0.25, 0.3) is 0 Å². The molecular weight excluding hydrogens is 212 g/mol. The molecule has 98 valence electrons. The number of hydrogen-bond acceptors (Lipinski definition) is 2. The van der Waals surface area contributed by atoms with E-state index in [9.17, 15) is 4.79 Å². The molecule has 3 heteroatoms. The molecule has 0 aromatic heterocycles. The topological polar surface area (TPSA) is 23.6 Å². The minimum absolute atomic E-state index is 0.0877. The van der Waals surface area contributed by atoms with Gasteiger partial charge in [-0.05, 0) is 39.7 Å². The molecule has 0 saturated carbocycles. The summed E-state index contributed by atoms with van der Waals surface area (Å²) in [5, 5.41) is 0. The smallest absolute Gasteiger partial charge is 0.246 e. The molecule has 17 heavy (non-hydrogen) atoms. The number of rotatable bonds is 3. The van der Waals surface area contributed by atoms with Crippen molar-refractivity contribution in [1.29, 1.82) is 0 Å². The van der Waals surface area contributed by atoms with Crippen LogP contribution in [0.4, 0.5) is 0 Å². The van der Waals surface area contributed by atoms with Crippen LogP contribution >= 0.6 is 0 Å². The Morgan fingerprint density at radius 2 is 2.12 bits per heavy atom. The molecule has 1 amide bonds. The highest BCUT2D eigenvalue weighted by atomic mass is 16.2. The SMILES string of the molecule is CC1CCN(C/C=C/C(=O)N(C)C(C)(C)C)C1. The third-order valence-corrected chi connectivity index (χ3v) is 3.47. The first-order chi connectivity index (χ1) is 7.80. The van der Waals surface area contributed by atoms with Crippen LogP contribution in [0.2, 0.25) is 0 Å². The second kappa shape index (κ2) is 5.67. The zero-order valence-electron chi connectivity index (χ0n) is 11.9. The first kappa shape index (κ1) is 14.2. The standard InChI is InChI=1S/C14H26N2O/c1-12-8-10-16(11-12)9-6-7-13(17)15(5)14(2,3)4/h6-7,12H,8-11H2,1-5H3/b7-6+. The predicted molar refractivity (Wildman–Crippen MR) is 71.9 cm³/mol. The van der Waals surface area contributed by atoms with E-state index in [4.69, 9.17) is 0 Å². The molecule has 1 saturated heterocycles. The minimum atomic E-state index is -0.108. The van der Waals surface area contributed by atoms with Crippen LogP contribution in [-0.2, 0) is 4.79 Å². The van der Waals surface area contributed by atoms with Gasteiger partial charge < -0.3 is 4.90 Å². The van der Waals surface area contributed by atoms with Gasteiger partial charge in [0, 0.05) is 31.8 Å². The van der Waals surface area contributed by atoms with Crippen LogP contribution < -0.4 is 0 Å². The fraction of sp³-hybridized carbons (Fsp3) is 0.786. The lowest BCUT2D eigenvalue weighted by Gasteiger charge is -2.31. The molecule has 0 bridgehead atoms. The number of hydrogen-bond donors (Lipinski definition) is 0. The normalized spacial score (nSPS) is 22.3. The summed E-state index contributed by atoms with van der Waals surface area (Å²) in [6, 6.07) is 0. The first-order valence-corrected chi connectivity index (χ1v) is 6.47. The van der Waals surface area contributed by atoms with Crippen molar-refractivity contribution in [3.63, 3.8) is 0 Å². The van der Waals surface area contributed by atoms with Crippen molar-refractivity contribution in [3.05, 3.63) is 12.2 Å². The summed E-state index contributed by atoms with van der Waals surface area (Å²) >= 11 is 0. The van der Waals surface area contributed by atoms with Crippen LogP contribution in [0.15, 0.2) is 12.2 Å². The average Bonchev–Trinajstić information content (AvgIpc) is 2.61. The maximum atomic E-state index is 11.8. The van der Waals surface area contributed by atoms with E-state index >= 15 is 0 Å². The molecule has 1 atom stereocenters. The molecule has 0 aromatic rings. The molecule has 1 fully saturated rings. The van der Waals surface area contributed by atoms with Crippen molar-refractivity contribution >= 4 is 5.91 Å². The first-order valence-electron chi connectivity index (χ1n) is 6.47. The second-order valence-corrected chi connectivity index (χ2v) is 6.12. The Balaban J connectivity index is 2.36. The summed E-state index contributed by atoms with van der Waals surface area (Å²) in [6.45, 7) is 11.6. The predicted octanol–water partition coefficient (Wildman–Crippen LogP) is 2.14. The molecule has 1 aliphatic rings. The summed E-state index contributed by atoms with van der Waals surface area (Å²) in [4.78, 5) is 16.0. The highest BCUT2D eigenvalue weighted by Crippen LogP contribution is 2.14. The molecular formula is C14H26N2O. The summed E-state index contributed by atoms with van der Waals surface area (Å²) in [7, 11) is 1.85. The third-order valence-electron chi connectivity index (χ3n) is 3.47. The molecule has 1 heterocycles. The summed E-state index contributed by atoms with van der Waals surface area (Å²) in [5.74, 6) is 0.890. The largest absolute Gasteiger partial charge is 0.337 e.